The van der Waals surface area contributed by atoms with E-state index in [2.05, 4.69) is 14.3 Å². The summed E-state index contributed by atoms with van der Waals surface area (Å²) in [6, 6.07) is 6.24. The van der Waals surface area contributed by atoms with Crippen LogP contribution in [-0.2, 0) is 0 Å². The maximum atomic E-state index is 12.9. The summed E-state index contributed by atoms with van der Waals surface area (Å²) in [5, 5.41) is 0. The normalized spacial score (nSPS) is 19.6. The number of amides is 1. The highest BCUT2D eigenvalue weighted by molar-refractivity contribution is 7.09. The summed E-state index contributed by atoms with van der Waals surface area (Å²) in [6.45, 7) is 4.04. The van der Waals surface area contributed by atoms with Crippen LogP contribution in [0.4, 0.5) is 5.69 Å². The molecule has 0 atom stereocenters. The van der Waals surface area contributed by atoms with Gasteiger partial charge in [-0.25, -0.2) is 0 Å². The average molecular weight is 372 g/mol. The molecule has 0 bridgehead atoms. The van der Waals surface area contributed by atoms with Crippen molar-refractivity contribution < 1.29 is 4.79 Å². The summed E-state index contributed by atoms with van der Waals surface area (Å²) >= 11 is 1.18. The van der Waals surface area contributed by atoms with Crippen LogP contribution < -0.4 is 5.73 Å². The SMILES string of the molecule is Nc1c(-c2ccccn2)nsc1C(=O)N1CCC(N2CCCCC2)CC1. The monoisotopic (exact) mass is 371 g/mol. The number of aromatic nitrogens is 2. The summed E-state index contributed by atoms with van der Waals surface area (Å²) in [5.74, 6) is 0.0132. The van der Waals surface area contributed by atoms with E-state index in [1.54, 1.807) is 6.20 Å². The molecule has 2 aliphatic rings. The molecule has 2 aliphatic heterocycles. The number of nitrogens with two attached hydrogens (primary N) is 1. The number of nitrogens with zero attached hydrogens (tertiary/aromatic N) is 4. The fraction of sp³-hybridized carbons (Fsp3) is 0.526. The van der Waals surface area contributed by atoms with Gasteiger partial charge in [0.05, 0.1) is 11.4 Å². The van der Waals surface area contributed by atoms with Crippen LogP contribution in [0, 0.1) is 0 Å². The van der Waals surface area contributed by atoms with Gasteiger partial charge in [-0.05, 0) is 62.4 Å². The zero-order chi connectivity index (χ0) is 17.9. The van der Waals surface area contributed by atoms with E-state index in [9.17, 15) is 4.79 Å². The van der Waals surface area contributed by atoms with Gasteiger partial charge in [0.15, 0.2) is 0 Å². The van der Waals surface area contributed by atoms with Crippen molar-refractivity contribution in [3.63, 3.8) is 0 Å². The Balaban J connectivity index is 1.42. The van der Waals surface area contributed by atoms with Crippen molar-refractivity contribution >= 4 is 23.1 Å². The van der Waals surface area contributed by atoms with E-state index in [1.807, 2.05) is 23.1 Å². The van der Waals surface area contributed by atoms with Crippen molar-refractivity contribution in [2.45, 2.75) is 38.1 Å². The molecule has 26 heavy (non-hydrogen) atoms. The molecule has 2 aromatic rings. The maximum Gasteiger partial charge on any atom is 0.267 e. The van der Waals surface area contributed by atoms with Gasteiger partial charge in [-0.15, -0.1) is 0 Å². The molecular formula is C19H25N5OS. The number of carbonyl (C=O) groups excluding carboxylic acids is 1. The molecule has 4 heterocycles. The molecule has 4 rings (SSSR count). The minimum Gasteiger partial charge on any atom is -0.396 e. The predicted molar refractivity (Wildman–Crippen MR) is 104 cm³/mol. The lowest BCUT2D eigenvalue weighted by Gasteiger charge is -2.40. The quantitative estimate of drug-likeness (QED) is 0.898. The molecule has 1 amide bonds. The highest BCUT2D eigenvalue weighted by Gasteiger charge is 2.30. The van der Waals surface area contributed by atoms with Gasteiger partial charge in [0.2, 0.25) is 0 Å². The summed E-state index contributed by atoms with van der Waals surface area (Å²) in [6.07, 6.45) is 7.80. The molecule has 7 heteroatoms. The van der Waals surface area contributed by atoms with Crippen molar-refractivity contribution in [1.82, 2.24) is 19.2 Å². The molecule has 2 saturated heterocycles. The van der Waals surface area contributed by atoms with Crippen LogP contribution >= 0.6 is 11.5 Å². The third-order valence-corrected chi connectivity index (χ3v) is 6.34. The first-order chi connectivity index (χ1) is 12.7. The van der Waals surface area contributed by atoms with E-state index in [0.29, 0.717) is 28.0 Å². The van der Waals surface area contributed by atoms with Crippen LogP contribution in [0.15, 0.2) is 24.4 Å². The molecule has 0 unspecified atom stereocenters. The lowest BCUT2D eigenvalue weighted by Crippen LogP contribution is -2.48. The first-order valence-corrected chi connectivity index (χ1v) is 10.2. The Morgan fingerprint density at radius 2 is 1.88 bits per heavy atom. The molecule has 2 N–H and O–H groups in total. The van der Waals surface area contributed by atoms with Crippen LogP contribution in [0.3, 0.4) is 0 Å². The number of piperidine rings is 2. The zero-order valence-corrected chi connectivity index (χ0v) is 15.7. The second-order valence-corrected chi connectivity index (χ2v) is 7.88. The number of hydrogen-bond donors (Lipinski definition) is 1. The standard InChI is InChI=1S/C19H25N5OS/c20-16-17(15-6-2-3-9-21-15)22-26-18(16)19(25)24-12-7-14(8-13-24)23-10-4-1-5-11-23/h2-3,6,9,14H,1,4-5,7-8,10-13,20H2. The Morgan fingerprint density at radius 3 is 2.58 bits per heavy atom. The van der Waals surface area contributed by atoms with Crippen LogP contribution in [0.5, 0.6) is 0 Å². The topological polar surface area (TPSA) is 75.3 Å². The van der Waals surface area contributed by atoms with Crippen LogP contribution in [0.1, 0.15) is 41.8 Å². The van der Waals surface area contributed by atoms with Crippen LogP contribution in [0.2, 0.25) is 0 Å². The lowest BCUT2D eigenvalue weighted by molar-refractivity contribution is 0.0595. The third-order valence-electron chi connectivity index (χ3n) is 5.49. The first kappa shape index (κ1) is 17.4. The van der Waals surface area contributed by atoms with Gasteiger partial charge in [0.1, 0.15) is 10.6 Å². The van der Waals surface area contributed by atoms with E-state index < -0.39 is 0 Å². The number of anilines is 1. The fourth-order valence-electron chi connectivity index (χ4n) is 4.00. The smallest absolute Gasteiger partial charge is 0.267 e. The highest BCUT2D eigenvalue weighted by atomic mass is 32.1. The number of nitrogen functional groups attached to an aromatic ring is 1. The Kier molecular flexibility index (Phi) is 5.17. The summed E-state index contributed by atoms with van der Waals surface area (Å²) in [5.41, 5.74) is 8.02. The van der Waals surface area contributed by atoms with E-state index in [4.69, 9.17) is 5.73 Å². The van der Waals surface area contributed by atoms with Crippen LogP contribution in [0.25, 0.3) is 11.4 Å². The number of rotatable bonds is 3. The molecule has 0 saturated carbocycles. The van der Waals surface area contributed by atoms with E-state index in [1.165, 1.54) is 43.9 Å². The van der Waals surface area contributed by atoms with Crippen molar-refractivity contribution in [3.8, 4) is 11.4 Å². The highest BCUT2D eigenvalue weighted by Crippen LogP contribution is 2.31. The average Bonchev–Trinajstić information content (AvgIpc) is 3.10. The van der Waals surface area contributed by atoms with Gasteiger partial charge in [-0.3, -0.25) is 9.78 Å². The van der Waals surface area contributed by atoms with Crippen molar-refractivity contribution in [2.75, 3.05) is 31.9 Å². The van der Waals surface area contributed by atoms with Crippen molar-refractivity contribution in [1.29, 1.82) is 0 Å². The van der Waals surface area contributed by atoms with Gasteiger partial charge >= 0.3 is 0 Å². The van der Waals surface area contributed by atoms with Crippen LogP contribution in [-0.4, -0.2) is 57.3 Å². The number of pyridine rings is 1. The second kappa shape index (κ2) is 7.72. The molecule has 0 radical (unpaired) electrons. The van der Waals surface area contributed by atoms with Gasteiger partial charge in [0, 0.05) is 25.3 Å². The number of carbonyl (C=O) groups is 1. The van der Waals surface area contributed by atoms with E-state index >= 15 is 0 Å². The van der Waals surface area contributed by atoms with Gasteiger partial charge in [0.25, 0.3) is 5.91 Å². The van der Waals surface area contributed by atoms with Crippen molar-refractivity contribution in [2.24, 2.45) is 0 Å². The number of hydrogen-bond acceptors (Lipinski definition) is 6. The van der Waals surface area contributed by atoms with Gasteiger partial charge in [-0.1, -0.05) is 12.5 Å². The summed E-state index contributed by atoms with van der Waals surface area (Å²) < 4.78 is 4.39. The van der Waals surface area contributed by atoms with Gasteiger partial charge < -0.3 is 15.5 Å². The Bertz CT molecular complexity index is 749. The molecule has 6 nitrogen and oxygen atoms in total. The van der Waals surface area contributed by atoms with E-state index in [0.717, 1.165) is 25.9 Å². The predicted octanol–water partition coefficient (Wildman–Crippen LogP) is 2.88. The van der Waals surface area contributed by atoms with Gasteiger partial charge in [-0.2, -0.15) is 4.37 Å². The molecule has 2 aromatic heterocycles. The molecule has 0 spiro atoms. The lowest BCUT2D eigenvalue weighted by atomic mass is 10.00. The number of likely N-dealkylation sites (tertiary alicyclic amines) is 2. The minimum absolute atomic E-state index is 0.0132. The Labute approximate surface area is 158 Å². The largest absolute Gasteiger partial charge is 0.396 e. The molecule has 0 aromatic carbocycles. The Hall–Kier alpha value is -1.99. The Morgan fingerprint density at radius 1 is 1.12 bits per heavy atom. The fourth-order valence-corrected chi connectivity index (χ4v) is 4.78. The first-order valence-electron chi connectivity index (χ1n) is 9.44. The molecule has 0 aliphatic carbocycles. The molecule has 138 valence electrons. The third kappa shape index (κ3) is 3.46. The molecular weight excluding hydrogens is 346 g/mol. The minimum atomic E-state index is 0.0132. The van der Waals surface area contributed by atoms with E-state index in [-0.39, 0.29) is 5.91 Å². The zero-order valence-electron chi connectivity index (χ0n) is 14.9. The summed E-state index contributed by atoms with van der Waals surface area (Å²) in [4.78, 5) is 22.3. The second-order valence-electron chi connectivity index (χ2n) is 7.11. The molecule has 2 fully saturated rings. The van der Waals surface area contributed by atoms with Crippen molar-refractivity contribution in [3.05, 3.63) is 29.3 Å². The maximum absolute atomic E-state index is 12.9. The summed E-state index contributed by atoms with van der Waals surface area (Å²) in [7, 11) is 0.